The molecule has 0 unspecified atom stereocenters. The van der Waals surface area contributed by atoms with E-state index in [0.717, 1.165) is 0 Å². The fraction of sp³-hybridized carbons (Fsp3) is 0. The summed E-state index contributed by atoms with van der Waals surface area (Å²) in [6, 6.07) is 41.4. The van der Waals surface area contributed by atoms with Gasteiger partial charge in [0.15, 0.2) is 0 Å². The predicted octanol–water partition coefficient (Wildman–Crippen LogP) is 6.83. The smallest absolute Gasteiger partial charge is 0 e. The van der Waals surface area contributed by atoms with E-state index in [-0.39, 0.29) is 29.6 Å². The van der Waals surface area contributed by atoms with E-state index in [4.69, 9.17) is 0 Å². The van der Waals surface area contributed by atoms with Gasteiger partial charge in [-0.3, -0.25) is 0 Å². The quantitative estimate of drug-likeness (QED) is 0.278. The van der Waals surface area contributed by atoms with Crippen molar-refractivity contribution in [2.24, 2.45) is 0 Å². The Morgan fingerprint density at radius 2 is 0.593 bits per heavy atom. The van der Waals surface area contributed by atoms with Crippen LogP contribution in [0.1, 0.15) is 11.1 Å². The standard InChI is InChI=1S/C14H12.C12H10.Na/c1-3-7-13(8-4-1)11-12-14-9-5-2-6-10-14;1-3-7-11(8-4-1)12-9-5-2-6-10-12;/h1-12H;1-10H;. The minimum Gasteiger partial charge on any atom is -0.0622 e. The summed E-state index contributed by atoms with van der Waals surface area (Å²) >= 11 is 0. The maximum Gasteiger partial charge on any atom is 0 e. The molecule has 0 saturated heterocycles. The zero-order chi connectivity index (χ0) is 17.9. The molecule has 4 rings (SSSR count). The molecular weight excluding hydrogens is 335 g/mol. The molecule has 1 heteroatoms. The van der Waals surface area contributed by atoms with Crippen molar-refractivity contribution in [3.05, 3.63) is 132 Å². The number of rotatable bonds is 3. The van der Waals surface area contributed by atoms with Crippen molar-refractivity contribution >= 4 is 41.7 Å². The van der Waals surface area contributed by atoms with Gasteiger partial charge in [-0.15, -0.1) is 0 Å². The Bertz CT molecular complexity index is 820. The van der Waals surface area contributed by atoms with Gasteiger partial charge in [-0.25, -0.2) is 0 Å². The summed E-state index contributed by atoms with van der Waals surface area (Å²) in [4.78, 5) is 0. The van der Waals surface area contributed by atoms with Gasteiger partial charge in [0.05, 0.1) is 0 Å². The van der Waals surface area contributed by atoms with Gasteiger partial charge >= 0.3 is 0 Å². The van der Waals surface area contributed by atoms with Crippen LogP contribution in [0.2, 0.25) is 0 Å². The monoisotopic (exact) mass is 357 g/mol. The Balaban J connectivity index is 0.000000189. The van der Waals surface area contributed by atoms with Crippen LogP contribution >= 0.6 is 0 Å². The third-order valence-electron chi connectivity index (χ3n) is 3.95. The van der Waals surface area contributed by atoms with Crippen LogP contribution in [0, 0.1) is 0 Å². The number of benzene rings is 4. The Morgan fingerprint density at radius 1 is 0.333 bits per heavy atom. The second-order valence-corrected chi connectivity index (χ2v) is 5.89. The van der Waals surface area contributed by atoms with Crippen molar-refractivity contribution in [3.8, 4) is 11.1 Å². The molecule has 0 heterocycles. The molecule has 0 N–H and O–H groups in total. The number of hydrogen-bond acceptors (Lipinski definition) is 0. The van der Waals surface area contributed by atoms with Gasteiger partial charge in [0, 0.05) is 29.6 Å². The van der Waals surface area contributed by atoms with E-state index < -0.39 is 0 Å². The second kappa shape index (κ2) is 12.1. The summed E-state index contributed by atoms with van der Waals surface area (Å²) in [5, 5.41) is 0. The third kappa shape index (κ3) is 7.40. The molecule has 127 valence electrons. The minimum absolute atomic E-state index is 0. The first-order chi connectivity index (χ1) is 12.9. The minimum atomic E-state index is 0. The van der Waals surface area contributed by atoms with Crippen molar-refractivity contribution in [2.45, 2.75) is 0 Å². The van der Waals surface area contributed by atoms with Crippen molar-refractivity contribution in [1.82, 2.24) is 0 Å². The van der Waals surface area contributed by atoms with Crippen LogP contribution in [0.4, 0.5) is 0 Å². The van der Waals surface area contributed by atoms with E-state index in [1.807, 2.05) is 48.5 Å². The third-order valence-corrected chi connectivity index (χ3v) is 3.95. The largest absolute Gasteiger partial charge is 0.0622 e. The summed E-state index contributed by atoms with van der Waals surface area (Å²) < 4.78 is 0. The molecule has 27 heavy (non-hydrogen) atoms. The first-order valence-electron chi connectivity index (χ1n) is 8.80. The number of hydrogen-bond donors (Lipinski definition) is 0. The van der Waals surface area contributed by atoms with Gasteiger partial charge in [0.1, 0.15) is 0 Å². The fourth-order valence-corrected chi connectivity index (χ4v) is 2.58. The predicted molar refractivity (Wildman–Crippen MR) is 119 cm³/mol. The molecule has 0 bridgehead atoms. The van der Waals surface area contributed by atoms with Gasteiger partial charge < -0.3 is 0 Å². The van der Waals surface area contributed by atoms with Gasteiger partial charge in [-0.05, 0) is 22.3 Å². The van der Waals surface area contributed by atoms with Crippen LogP contribution in [0.5, 0.6) is 0 Å². The van der Waals surface area contributed by atoms with E-state index in [0.29, 0.717) is 0 Å². The summed E-state index contributed by atoms with van der Waals surface area (Å²) in [6.07, 6.45) is 4.24. The molecule has 0 aliphatic heterocycles. The van der Waals surface area contributed by atoms with Crippen LogP contribution in [0.3, 0.4) is 0 Å². The van der Waals surface area contributed by atoms with Crippen molar-refractivity contribution in [1.29, 1.82) is 0 Å². The van der Waals surface area contributed by atoms with Gasteiger partial charge in [0.2, 0.25) is 0 Å². The van der Waals surface area contributed by atoms with Crippen molar-refractivity contribution in [2.75, 3.05) is 0 Å². The molecule has 0 aromatic heterocycles. The normalized spacial score (nSPS) is 9.78. The topological polar surface area (TPSA) is 0 Å². The molecule has 0 spiro atoms. The van der Waals surface area contributed by atoms with Crippen LogP contribution < -0.4 is 0 Å². The van der Waals surface area contributed by atoms with E-state index >= 15 is 0 Å². The molecule has 0 aliphatic rings. The van der Waals surface area contributed by atoms with E-state index in [9.17, 15) is 0 Å². The first kappa shape index (κ1) is 20.9. The average Bonchev–Trinajstić information content (AvgIpc) is 2.75. The van der Waals surface area contributed by atoms with Gasteiger partial charge in [-0.2, -0.15) is 0 Å². The summed E-state index contributed by atoms with van der Waals surface area (Å²) in [5.41, 5.74) is 5.02. The van der Waals surface area contributed by atoms with Crippen LogP contribution in [-0.4, -0.2) is 29.6 Å². The van der Waals surface area contributed by atoms with E-state index in [2.05, 4.69) is 84.9 Å². The molecular formula is C26H22Na. The molecule has 0 fully saturated rings. The molecule has 0 amide bonds. The van der Waals surface area contributed by atoms with Crippen LogP contribution in [-0.2, 0) is 0 Å². The Hall–Kier alpha value is -2.38. The Kier molecular flexibility index (Phi) is 9.37. The molecule has 0 atom stereocenters. The zero-order valence-electron chi connectivity index (χ0n) is 15.7. The molecule has 0 saturated carbocycles. The first-order valence-corrected chi connectivity index (χ1v) is 8.80. The molecule has 0 aliphatic carbocycles. The van der Waals surface area contributed by atoms with Crippen LogP contribution in [0.25, 0.3) is 23.3 Å². The average molecular weight is 357 g/mol. The maximum atomic E-state index is 2.12. The van der Waals surface area contributed by atoms with Crippen molar-refractivity contribution < 1.29 is 0 Å². The summed E-state index contributed by atoms with van der Waals surface area (Å²) in [5.74, 6) is 0. The Labute approximate surface area is 184 Å². The summed E-state index contributed by atoms with van der Waals surface area (Å²) in [6.45, 7) is 0. The summed E-state index contributed by atoms with van der Waals surface area (Å²) in [7, 11) is 0. The van der Waals surface area contributed by atoms with Gasteiger partial charge in [-0.1, -0.05) is 133 Å². The van der Waals surface area contributed by atoms with Crippen molar-refractivity contribution in [3.63, 3.8) is 0 Å². The molecule has 4 aromatic carbocycles. The van der Waals surface area contributed by atoms with E-state index in [1.54, 1.807) is 0 Å². The Morgan fingerprint density at radius 3 is 0.889 bits per heavy atom. The van der Waals surface area contributed by atoms with Gasteiger partial charge in [0.25, 0.3) is 0 Å². The maximum absolute atomic E-state index is 2.12. The molecule has 0 nitrogen and oxygen atoms in total. The fourth-order valence-electron chi connectivity index (χ4n) is 2.58. The molecule has 1 radical (unpaired) electrons. The SMILES string of the molecule is C(=Cc1ccccc1)c1ccccc1.[Na].c1ccc(-c2ccccc2)cc1. The molecule has 4 aromatic rings. The second-order valence-electron chi connectivity index (χ2n) is 5.89. The van der Waals surface area contributed by atoms with Crippen LogP contribution in [0.15, 0.2) is 121 Å². The van der Waals surface area contributed by atoms with E-state index in [1.165, 1.54) is 22.3 Å². The zero-order valence-corrected chi connectivity index (χ0v) is 17.7.